The van der Waals surface area contributed by atoms with E-state index in [1.54, 1.807) is 0 Å². The van der Waals surface area contributed by atoms with Crippen molar-refractivity contribution in [2.75, 3.05) is 14.7 Å². The Labute approximate surface area is 517 Å². The quantitative estimate of drug-likeness (QED) is 0.149. The highest BCUT2D eigenvalue weighted by molar-refractivity contribution is 7.00. The summed E-state index contributed by atoms with van der Waals surface area (Å²) in [4.78, 5) is 7.67. The molecule has 0 fully saturated rings. The number of furan rings is 1. The Morgan fingerprint density at radius 3 is 1.36 bits per heavy atom. The Hall–Kier alpha value is -8.22. The van der Waals surface area contributed by atoms with Gasteiger partial charge in [-0.25, -0.2) is 0 Å². The molecule has 0 N–H and O–H groups in total. The number of nitrogens with zero attached hydrogens (tertiary/aromatic N) is 4. The van der Waals surface area contributed by atoms with Gasteiger partial charge in [0, 0.05) is 62.0 Å². The third-order valence-electron chi connectivity index (χ3n) is 20.0. The molecule has 0 atom stereocenters. The lowest BCUT2D eigenvalue weighted by molar-refractivity contribution is 0.332. The first-order chi connectivity index (χ1) is 41.1. The van der Waals surface area contributed by atoms with Crippen LogP contribution in [-0.2, 0) is 32.5 Å². The number of benzene rings is 9. The monoisotopic (exact) mass is 1140 g/mol. The van der Waals surface area contributed by atoms with Gasteiger partial charge < -0.3 is 19.1 Å². The number of rotatable bonds is 7. The van der Waals surface area contributed by atoms with Gasteiger partial charge in [0.25, 0.3) is 6.71 Å². The van der Waals surface area contributed by atoms with E-state index in [-0.39, 0.29) is 39.2 Å². The van der Waals surface area contributed by atoms with Crippen LogP contribution in [0.2, 0.25) is 0 Å². The zero-order chi connectivity index (χ0) is 61.2. The Morgan fingerprint density at radius 1 is 0.414 bits per heavy atom. The third kappa shape index (κ3) is 9.16. The van der Waals surface area contributed by atoms with Crippen molar-refractivity contribution in [2.45, 2.75) is 163 Å². The van der Waals surface area contributed by atoms with E-state index in [2.05, 4.69) is 319 Å². The second-order valence-electron chi connectivity index (χ2n) is 31.1. The molecule has 9 aromatic carbocycles. The van der Waals surface area contributed by atoms with Crippen LogP contribution in [0, 0.1) is 6.92 Å². The molecule has 2 aromatic heterocycles. The largest absolute Gasteiger partial charge is 0.439 e. The van der Waals surface area contributed by atoms with Gasteiger partial charge in [0.1, 0.15) is 5.58 Å². The lowest BCUT2D eigenvalue weighted by Gasteiger charge is -2.45. The summed E-state index contributed by atoms with van der Waals surface area (Å²) in [5, 5.41) is 3.49. The number of anilines is 9. The molecule has 0 spiro atoms. The standard InChI is InChI=1S/C81H85BN4O/c1-50-45-63-64(81(16,17)44-43-80(63,14)15)49-67(50)85-68-46-59(83(55-33-25-51(26-34-55)76(2,3)4)56-35-27-52(28-36-56)77(5,6)7)41-42-65(68)82-66-23-20-22-62-72-61-21-18-19-24-71(61)87-75(72)86(74(62)66)70-48-60(47-69(85)73(70)82)84(57-37-29-53(30-38-57)78(8,9)10)58-39-31-54(32-40-58)79(11,12)13/h18-42,45-49H,43-44H2,1-17H3. The van der Waals surface area contributed by atoms with Crippen LogP contribution in [0.4, 0.5) is 51.2 Å². The summed E-state index contributed by atoms with van der Waals surface area (Å²) in [7, 11) is 0. The van der Waals surface area contributed by atoms with Crippen LogP contribution in [0.15, 0.2) is 186 Å². The molecule has 0 bridgehead atoms. The molecular formula is C81H85BN4O. The van der Waals surface area contributed by atoms with E-state index in [4.69, 9.17) is 4.42 Å². The fraction of sp³-hybridized carbons (Fsp3) is 0.309. The summed E-state index contributed by atoms with van der Waals surface area (Å²) in [6.07, 6.45) is 2.26. The lowest BCUT2D eigenvalue weighted by atomic mass is 9.33. The minimum Gasteiger partial charge on any atom is -0.439 e. The van der Waals surface area contributed by atoms with Crippen LogP contribution in [0.1, 0.15) is 163 Å². The van der Waals surface area contributed by atoms with E-state index in [1.165, 1.54) is 77.6 Å². The molecule has 14 rings (SSSR count). The molecule has 11 aromatic rings. The highest BCUT2D eigenvalue weighted by atomic mass is 16.3. The van der Waals surface area contributed by atoms with Crippen molar-refractivity contribution in [2.24, 2.45) is 0 Å². The SMILES string of the molecule is Cc1cc2c(cc1N1c3cc(N(c4ccc(C(C)(C)C)cc4)c4ccc(C(C)(C)C)cc4)ccc3B3c4c1cc(N(c1ccc(C(C)(C)C)cc1)c1ccc(C(C)(C)C)cc1)cc4-n1c4oc5ccccc5c4c4cccc3c41)C(C)(C)CCC2(C)C. The summed E-state index contributed by atoms with van der Waals surface area (Å²) in [6.45, 7) is 39.7. The molecule has 0 unspecified atom stereocenters. The van der Waals surface area contributed by atoms with Crippen LogP contribution < -0.4 is 31.1 Å². The molecule has 1 aliphatic carbocycles. The first kappa shape index (κ1) is 56.6. The van der Waals surface area contributed by atoms with Crippen molar-refractivity contribution in [3.05, 3.63) is 221 Å². The fourth-order valence-corrected chi connectivity index (χ4v) is 14.7. The Balaban J connectivity index is 1.11. The van der Waals surface area contributed by atoms with Gasteiger partial charge in [0.2, 0.25) is 5.71 Å². The third-order valence-corrected chi connectivity index (χ3v) is 20.0. The minimum atomic E-state index is -0.115. The maximum absolute atomic E-state index is 7.20. The van der Waals surface area contributed by atoms with Gasteiger partial charge in [-0.15, -0.1) is 0 Å². The first-order valence-corrected chi connectivity index (χ1v) is 31.8. The maximum atomic E-state index is 7.20. The van der Waals surface area contributed by atoms with Crippen molar-refractivity contribution in [1.82, 2.24) is 4.57 Å². The molecule has 2 aliphatic heterocycles. The van der Waals surface area contributed by atoms with Gasteiger partial charge in [-0.3, -0.25) is 4.57 Å². The van der Waals surface area contributed by atoms with E-state index in [0.717, 1.165) is 80.4 Å². The number of hydrogen-bond donors (Lipinski definition) is 0. The van der Waals surface area contributed by atoms with Gasteiger partial charge in [0.05, 0.1) is 16.6 Å². The van der Waals surface area contributed by atoms with E-state index in [9.17, 15) is 0 Å². The smallest absolute Gasteiger partial charge is 0.252 e. The number of aromatic nitrogens is 1. The molecule has 0 radical (unpaired) electrons. The van der Waals surface area contributed by atoms with Crippen molar-refractivity contribution in [3.63, 3.8) is 0 Å². The molecule has 5 nitrogen and oxygen atoms in total. The molecule has 4 heterocycles. The van der Waals surface area contributed by atoms with Gasteiger partial charge in [-0.2, -0.15) is 0 Å². The van der Waals surface area contributed by atoms with Crippen molar-refractivity contribution < 1.29 is 4.42 Å². The first-order valence-electron chi connectivity index (χ1n) is 31.8. The van der Waals surface area contributed by atoms with E-state index >= 15 is 0 Å². The van der Waals surface area contributed by atoms with Crippen LogP contribution in [-0.4, -0.2) is 11.3 Å². The summed E-state index contributed by atoms with van der Waals surface area (Å²) in [6, 6.07) is 70.4. The summed E-state index contributed by atoms with van der Waals surface area (Å²) >= 11 is 0. The van der Waals surface area contributed by atoms with Crippen LogP contribution in [0.3, 0.4) is 0 Å². The summed E-state index contributed by atoms with van der Waals surface area (Å²) in [5.41, 5.74) is 27.4. The van der Waals surface area contributed by atoms with E-state index in [0.29, 0.717) is 0 Å². The highest BCUT2D eigenvalue weighted by Gasteiger charge is 2.45. The normalized spacial score (nSPS) is 15.2. The molecule has 3 aliphatic rings. The predicted octanol–water partition coefficient (Wildman–Crippen LogP) is 20.9. The van der Waals surface area contributed by atoms with Crippen molar-refractivity contribution in [1.29, 1.82) is 0 Å². The number of hydrogen-bond acceptors (Lipinski definition) is 4. The van der Waals surface area contributed by atoms with Crippen molar-refractivity contribution >= 4 is 107 Å². The Morgan fingerprint density at radius 2 is 0.851 bits per heavy atom. The van der Waals surface area contributed by atoms with Crippen LogP contribution in [0.25, 0.3) is 38.7 Å². The Kier molecular flexibility index (Phi) is 12.6. The average Bonchev–Trinajstić information content (AvgIpc) is 1.65. The minimum absolute atomic E-state index is 0.00531. The lowest BCUT2D eigenvalue weighted by Crippen LogP contribution is -2.60. The highest BCUT2D eigenvalue weighted by Crippen LogP contribution is 2.53. The predicted molar refractivity (Wildman–Crippen MR) is 374 cm³/mol. The number of fused-ring (bicyclic) bond motifs is 10. The van der Waals surface area contributed by atoms with Gasteiger partial charge >= 0.3 is 0 Å². The number of para-hydroxylation sites is 2. The van der Waals surface area contributed by atoms with Crippen LogP contribution in [0.5, 0.6) is 0 Å². The van der Waals surface area contributed by atoms with E-state index in [1.807, 2.05) is 0 Å². The molecule has 87 heavy (non-hydrogen) atoms. The van der Waals surface area contributed by atoms with Crippen LogP contribution >= 0.6 is 0 Å². The van der Waals surface area contributed by atoms with Gasteiger partial charge in [0.15, 0.2) is 0 Å². The van der Waals surface area contributed by atoms with Crippen molar-refractivity contribution in [3.8, 4) is 5.69 Å². The zero-order valence-corrected chi connectivity index (χ0v) is 54.5. The Bertz CT molecular complexity index is 4430. The molecule has 0 saturated carbocycles. The summed E-state index contributed by atoms with van der Waals surface area (Å²) in [5.74, 6) is 0. The molecule has 6 heteroatoms. The second kappa shape index (κ2) is 19.4. The molecule has 438 valence electrons. The van der Waals surface area contributed by atoms with Gasteiger partial charge in [-0.05, 0) is 193 Å². The average molecular weight is 1140 g/mol. The van der Waals surface area contributed by atoms with E-state index < -0.39 is 0 Å². The fourth-order valence-electron chi connectivity index (χ4n) is 14.7. The maximum Gasteiger partial charge on any atom is 0.252 e. The molecular weight excluding hydrogens is 1060 g/mol. The summed E-state index contributed by atoms with van der Waals surface area (Å²) < 4.78 is 9.70. The molecule has 0 amide bonds. The number of aryl methyl sites for hydroxylation is 1. The topological polar surface area (TPSA) is 27.8 Å². The second-order valence-corrected chi connectivity index (χ2v) is 31.1. The zero-order valence-electron chi connectivity index (χ0n) is 54.5. The van der Waals surface area contributed by atoms with Gasteiger partial charge in [-0.1, -0.05) is 208 Å². The molecule has 0 saturated heterocycles.